The van der Waals surface area contributed by atoms with Crippen LogP contribution in [-0.2, 0) is 15.4 Å². The van der Waals surface area contributed by atoms with Gasteiger partial charge in [0.2, 0.25) is 10.0 Å². The number of rotatable bonds is 6. The second-order valence-electron chi connectivity index (χ2n) is 4.44. The Morgan fingerprint density at radius 3 is 2.28 bits per heavy atom. The Hall–Kier alpha value is -0.390. The Labute approximate surface area is 118 Å². The van der Waals surface area contributed by atoms with Crippen molar-refractivity contribution in [3.05, 3.63) is 29.8 Å². The van der Waals surface area contributed by atoms with E-state index < -0.39 is 10.0 Å². The van der Waals surface area contributed by atoms with Crippen LogP contribution in [0.5, 0.6) is 0 Å². The molecule has 18 heavy (non-hydrogen) atoms. The zero-order valence-corrected chi connectivity index (χ0v) is 13.5. The van der Waals surface area contributed by atoms with Gasteiger partial charge in [-0.3, -0.25) is 0 Å². The summed E-state index contributed by atoms with van der Waals surface area (Å²) in [5.41, 5.74) is 1.07. The van der Waals surface area contributed by atoms with Crippen LogP contribution in [0, 0.1) is 0 Å². The van der Waals surface area contributed by atoms with Crippen LogP contribution in [0.15, 0.2) is 29.2 Å². The molecule has 0 saturated carbocycles. The zero-order valence-electron chi connectivity index (χ0n) is 11.1. The molecule has 3 nitrogen and oxygen atoms in total. The number of hydrogen-bond donors (Lipinski definition) is 0. The number of benzene rings is 1. The van der Waals surface area contributed by atoms with E-state index in [1.165, 1.54) is 4.31 Å². The van der Waals surface area contributed by atoms with Gasteiger partial charge in [-0.25, -0.2) is 8.42 Å². The molecule has 1 aromatic carbocycles. The highest BCUT2D eigenvalue weighted by molar-refractivity contribution is 9.08. The summed E-state index contributed by atoms with van der Waals surface area (Å²) in [5.74, 6) is 0. The Morgan fingerprint density at radius 1 is 1.28 bits per heavy atom. The van der Waals surface area contributed by atoms with Crippen LogP contribution in [0.25, 0.3) is 0 Å². The SMILES string of the molecule is CCCC(C)N(C)S(=O)(=O)c1ccc(CBr)cc1. The average molecular weight is 334 g/mol. The van der Waals surface area contributed by atoms with Gasteiger partial charge in [-0.2, -0.15) is 4.31 Å². The molecule has 0 fully saturated rings. The van der Waals surface area contributed by atoms with Crippen molar-refractivity contribution in [3.8, 4) is 0 Å². The summed E-state index contributed by atoms with van der Waals surface area (Å²) in [5, 5.41) is 0.732. The number of halogens is 1. The number of nitrogens with zero attached hydrogens (tertiary/aromatic N) is 1. The number of hydrogen-bond acceptors (Lipinski definition) is 2. The molecule has 0 amide bonds. The molecule has 5 heteroatoms. The Morgan fingerprint density at radius 2 is 1.83 bits per heavy atom. The Balaban J connectivity index is 2.97. The summed E-state index contributed by atoms with van der Waals surface area (Å²) in [6, 6.07) is 7.03. The zero-order chi connectivity index (χ0) is 13.8. The minimum atomic E-state index is -3.37. The molecular formula is C13H20BrNO2S. The van der Waals surface area contributed by atoms with Gasteiger partial charge in [-0.05, 0) is 31.0 Å². The van der Waals surface area contributed by atoms with Crippen LogP contribution in [0.2, 0.25) is 0 Å². The van der Waals surface area contributed by atoms with Crippen molar-refractivity contribution in [1.82, 2.24) is 4.31 Å². The van der Waals surface area contributed by atoms with E-state index >= 15 is 0 Å². The molecule has 1 atom stereocenters. The van der Waals surface area contributed by atoms with Crippen LogP contribution in [0.4, 0.5) is 0 Å². The lowest BCUT2D eigenvalue weighted by Gasteiger charge is -2.24. The van der Waals surface area contributed by atoms with E-state index in [1.807, 2.05) is 19.1 Å². The van der Waals surface area contributed by atoms with Crippen molar-refractivity contribution in [2.45, 2.75) is 43.0 Å². The fraction of sp³-hybridized carbons (Fsp3) is 0.538. The fourth-order valence-electron chi connectivity index (χ4n) is 1.75. The van der Waals surface area contributed by atoms with E-state index in [2.05, 4.69) is 22.9 Å². The first-order valence-electron chi connectivity index (χ1n) is 6.06. The molecule has 1 aromatic rings. The van der Waals surface area contributed by atoms with Crippen molar-refractivity contribution in [1.29, 1.82) is 0 Å². The molecule has 0 aliphatic carbocycles. The van der Waals surface area contributed by atoms with E-state index in [0.717, 1.165) is 23.7 Å². The highest BCUT2D eigenvalue weighted by Gasteiger charge is 2.24. The van der Waals surface area contributed by atoms with Gasteiger partial charge in [0.1, 0.15) is 0 Å². The lowest BCUT2D eigenvalue weighted by Crippen LogP contribution is -2.34. The minimum Gasteiger partial charge on any atom is -0.207 e. The maximum absolute atomic E-state index is 12.4. The van der Waals surface area contributed by atoms with Crippen LogP contribution in [-0.4, -0.2) is 25.8 Å². The molecule has 0 saturated heterocycles. The summed E-state index contributed by atoms with van der Waals surface area (Å²) in [6.45, 7) is 4.00. The lowest BCUT2D eigenvalue weighted by molar-refractivity contribution is 0.369. The van der Waals surface area contributed by atoms with E-state index in [-0.39, 0.29) is 6.04 Å². The van der Waals surface area contributed by atoms with E-state index in [9.17, 15) is 8.42 Å². The molecule has 0 aliphatic heterocycles. The Kier molecular flexibility index (Phi) is 5.82. The topological polar surface area (TPSA) is 37.4 Å². The van der Waals surface area contributed by atoms with Crippen molar-refractivity contribution in [3.63, 3.8) is 0 Å². The molecule has 0 heterocycles. The smallest absolute Gasteiger partial charge is 0.207 e. The van der Waals surface area contributed by atoms with Crippen LogP contribution >= 0.6 is 15.9 Å². The minimum absolute atomic E-state index is 0.0239. The van der Waals surface area contributed by atoms with Crippen molar-refractivity contribution >= 4 is 26.0 Å². The van der Waals surface area contributed by atoms with Crippen LogP contribution in [0.3, 0.4) is 0 Å². The van der Waals surface area contributed by atoms with Gasteiger partial charge < -0.3 is 0 Å². The molecular weight excluding hydrogens is 314 g/mol. The highest BCUT2D eigenvalue weighted by Crippen LogP contribution is 2.19. The van der Waals surface area contributed by atoms with E-state index in [0.29, 0.717) is 4.90 Å². The van der Waals surface area contributed by atoms with Gasteiger partial charge in [-0.1, -0.05) is 41.4 Å². The largest absolute Gasteiger partial charge is 0.243 e. The monoisotopic (exact) mass is 333 g/mol. The molecule has 0 aliphatic rings. The summed E-state index contributed by atoms with van der Waals surface area (Å²) >= 11 is 3.35. The first kappa shape index (κ1) is 15.7. The lowest BCUT2D eigenvalue weighted by atomic mass is 10.2. The molecule has 1 rings (SSSR count). The molecule has 0 radical (unpaired) electrons. The fourth-order valence-corrected chi connectivity index (χ4v) is 3.52. The second kappa shape index (κ2) is 6.68. The predicted octanol–water partition coefficient (Wildman–Crippen LogP) is 3.39. The van der Waals surface area contributed by atoms with E-state index in [4.69, 9.17) is 0 Å². The first-order valence-corrected chi connectivity index (χ1v) is 8.62. The normalized spacial score (nSPS) is 13.8. The molecule has 0 aromatic heterocycles. The molecule has 0 spiro atoms. The summed E-state index contributed by atoms with van der Waals surface area (Å²) in [6.07, 6.45) is 1.85. The van der Waals surface area contributed by atoms with Gasteiger partial charge >= 0.3 is 0 Å². The van der Waals surface area contributed by atoms with Gasteiger partial charge in [0.25, 0.3) is 0 Å². The maximum atomic E-state index is 12.4. The van der Waals surface area contributed by atoms with Crippen molar-refractivity contribution < 1.29 is 8.42 Å². The van der Waals surface area contributed by atoms with E-state index in [1.54, 1.807) is 19.2 Å². The van der Waals surface area contributed by atoms with Crippen molar-refractivity contribution in [2.75, 3.05) is 7.05 Å². The molecule has 1 unspecified atom stereocenters. The van der Waals surface area contributed by atoms with Gasteiger partial charge in [0.05, 0.1) is 4.90 Å². The van der Waals surface area contributed by atoms with Crippen LogP contribution < -0.4 is 0 Å². The first-order chi connectivity index (χ1) is 8.43. The number of sulfonamides is 1. The molecule has 0 N–H and O–H groups in total. The van der Waals surface area contributed by atoms with Crippen molar-refractivity contribution in [2.24, 2.45) is 0 Å². The average Bonchev–Trinajstić information content (AvgIpc) is 2.38. The number of alkyl halides is 1. The van der Waals surface area contributed by atoms with Gasteiger partial charge in [0.15, 0.2) is 0 Å². The summed E-state index contributed by atoms with van der Waals surface area (Å²) in [7, 11) is -1.72. The third kappa shape index (κ3) is 3.56. The standard InChI is InChI=1S/C13H20BrNO2S/c1-4-5-11(2)15(3)18(16,17)13-8-6-12(10-14)7-9-13/h6-9,11H,4-5,10H2,1-3H3. The third-order valence-electron chi connectivity index (χ3n) is 3.08. The van der Waals surface area contributed by atoms with Crippen LogP contribution in [0.1, 0.15) is 32.3 Å². The highest BCUT2D eigenvalue weighted by atomic mass is 79.9. The Bertz CT molecular complexity index is 470. The quantitative estimate of drug-likeness (QED) is 0.748. The summed E-state index contributed by atoms with van der Waals surface area (Å²) < 4.78 is 26.2. The predicted molar refractivity (Wildman–Crippen MR) is 78.4 cm³/mol. The molecule has 102 valence electrons. The molecule has 0 bridgehead atoms. The van der Waals surface area contributed by atoms with Gasteiger partial charge in [0, 0.05) is 18.4 Å². The maximum Gasteiger partial charge on any atom is 0.243 e. The second-order valence-corrected chi connectivity index (χ2v) is 6.99. The van der Waals surface area contributed by atoms with Gasteiger partial charge in [-0.15, -0.1) is 0 Å². The summed E-state index contributed by atoms with van der Waals surface area (Å²) in [4.78, 5) is 0.359. The third-order valence-corrected chi connectivity index (χ3v) is 5.72.